The van der Waals surface area contributed by atoms with Gasteiger partial charge < -0.3 is 9.84 Å². The summed E-state index contributed by atoms with van der Waals surface area (Å²) in [6.45, 7) is 8.67. The zero-order valence-corrected chi connectivity index (χ0v) is 13.4. The van der Waals surface area contributed by atoms with E-state index in [-0.39, 0.29) is 6.10 Å². The van der Waals surface area contributed by atoms with Crippen LogP contribution in [0.15, 0.2) is 0 Å². The molecule has 2 rings (SSSR count). The summed E-state index contributed by atoms with van der Waals surface area (Å²) in [6, 6.07) is 0. The van der Waals surface area contributed by atoms with E-state index >= 15 is 0 Å². The lowest BCUT2D eigenvalue weighted by atomic mass is 9.70. The molecular formula is C17H30O3. The van der Waals surface area contributed by atoms with Gasteiger partial charge in [0.05, 0.1) is 11.7 Å². The van der Waals surface area contributed by atoms with Gasteiger partial charge in [-0.05, 0) is 64.2 Å². The third kappa shape index (κ3) is 3.62. The SMILES string of the molecule is C[C@@H]1CCC(=O)C2CCC([C@@H](C)OCCC(C)(C)O)C21. The maximum Gasteiger partial charge on any atom is 0.136 e. The predicted molar refractivity (Wildman–Crippen MR) is 79.4 cm³/mol. The summed E-state index contributed by atoms with van der Waals surface area (Å²) < 4.78 is 5.96. The van der Waals surface area contributed by atoms with E-state index in [9.17, 15) is 9.90 Å². The summed E-state index contributed by atoms with van der Waals surface area (Å²) in [5, 5.41) is 9.74. The van der Waals surface area contributed by atoms with E-state index in [1.54, 1.807) is 0 Å². The van der Waals surface area contributed by atoms with Crippen LogP contribution in [-0.2, 0) is 9.53 Å². The molecule has 0 radical (unpaired) electrons. The minimum Gasteiger partial charge on any atom is -0.390 e. The summed E-state index contributed by atoms with van der Waals surface area (Å²) >= 11 is 0. The highest BCUT2D eigenvalue weighted by Gasteiger charge is 2.47. The monoisotopic (exact) mass is 282 g/mol. The van der Waals surface area contributed by atoms with Crippen molar-refractivity contribution < 1.29 is 14.6 Å². The zero-order chi connectivity index (χ0) is 14.9. The Morgan fingerprint density at radius 1 is 1.35 bits per heavy atom. The van der Waals surface area contributed by atoms with Crippen LogP contribution in [0.4, 0.5) is 0 Å². The van der Waals surface area contributed by atoms with Gasteiger partial charge in [0.25, 0.3) is 0 Å². The lowest BCUT2D eigenvalue weighted by molar-refractivity contribution is -0.128. The van der Waals surface area contributed by atoms with Gasteiger partial charge in [0.15, 0.2) is 0 Å². The summed E-state index contributed by atoms with van der Waals surface area (Å²) in [5.74, 6) is 2.46. The van der Waals surface area contributed by atoms with Crippen molar-refractivity contribution in [2.75, 3.05) is 6.61 Å². The van der Waals surface area contributed by atoms with Gasteiger partial charge in [0.1, 0.15) is 5.78 Å². The molecule has 3 unspecified atom stereocenters. The number of Topliss-reactive ketones (excluding diaryl/α,β-unsaturated/α-hetero) is 1. The Hall–Kier alpha value is -0.410. The fraction of sp³-hybridized carbons (Fsp3) is 0.941. The van der Waals surface area contributed by atoms with Crippen LogP contribution in [0.25, 0.3) is 0 Å². The Morgan fingerprint density at radius 2 is 2.05 bits per heavy atom. The van der Waals surface area contributed by atoms with Crippen molar-refractivity contribution in [3.63, 3.8) is 0 Å². The third-order valence-corrected chi connectivity index (χ3v) is 5.38. The maximum atomic E-state index is 12.1. The van der Waals surface area contributed by atoms with E-state index in [2.05, 4.69) is 13.8 Å². The first-order valence-corrected chi connectivity index (χ1v) is 8.16. The Kier molecular flexibility index (Phi) is 4.91. The molecule has 0 heterocycles. The van der Waals surface area contributed by atoms with Gasteiger partial charge in [-0.2, -0.15) is 0 Å². The molecule has 0 amide bonds. The van der Waals surface area contributed by atoms with Crippen LogP contribution in [0.1, 0.15) is 59.8 Å². The number of rotatable bonds is 5. The number of ketones is 1. The van der Waals surface area contributed by atoms with E-state index in [0.29, 0.717) is 42.5 Å². The molecule has 0 spiro atoms. The van der Waals surface area contributed by atoms with Crippen molar-refractivity contribution in [3.05, 3.63) is 0 Å². The molecule has 2 saturated carbocycles. The van der Waals surface area contributed by atoms with Crippen LogP contribution >= 0.6 is 0 Å². The van der Waals surface area contributed by atoms with Crippen molar-refractivity contribution in [3.8, 4) is 0 Å². The van der Waals surface area contributed by atoms with Gasteiger partial charge in [-0.1, -0.05) is 6.92 Å². The van der Waals surface area contributed by atoms with Gasteiger partial charge in [-0.25, -0.2) is 0 Å². The molecule has 0 saturated heterocycles. The predicted octanol–water partition coefficient (Wildman–Crippen LogP) is 3.19. The number of hydrogen-bond donors (Lipinski definition) is 1. The van der Waals surface area contributed by atoms with Gasteiger partial charge >= 0.3 is 0 Å². The Balaban J connectivity index is 1.90. The quantitative estimate of drug-likeness (QED) is 0.842. The van der Waals surface area contributed by atoms with E-state index in [1.165, 1.54) is 0 Å². The number of aliphatic hydroxyl groups is 1. The zero-order valence-electron chi connectivity index (χ0n) is 13.4. The lowest BCUT2D eigenvalue weighted by Gasteiger charge is -2.36. The fourth-order valence-electron chi connectivity index (χ4n) is 4.16. The van der Waals surface area contributed by atoms with Crippen LogP contribution in [0.5, 0.6) is 0 Å². The van der Waals surface area contributed by atoms with Crippen LogP contribution in [-0.4, -0.2) is 29.2 Å². The summed E-state index contributed by atoms with van der Waals surface area (Å²) in [6.07, 6.45) is 4.86. The number of carbonyl (C=O) groups excluding carboxylic acids is 1. The van der Waals surface area contributed by atoms with Crippen LogP contribution in [0.3, 0.4) is 0 Å². The third-order valence-electron chi connectivity index (χ3n) is 5.38. The number of ether oxygens (including phenoxy) is 1. The minimum atomic E-state index is -0.661. The summed E-state index contributed by atoms with van der Waals surface area (Å²) in [5.41, 5.74) is -0.661. The normalized spacial score (nSPS) is 36.0. The first-order chi connectivity index (χ1) is 9.29. The molecule has 3 heteroatoms. The highest BCUT2D eigenvalue weighted by atomic mass is 16.5. The van der Waals surface area contributed by atoms with Gasteiger partial charge in [-0.15, -0.1) is 0 Å². The molecule has 20 heavy (non-hydrogen) atoms. The van der Waals surface area contributed by atoms with Crippen LogP contribution in [0.2, 0.25) is 0 Å². The largest absolute Gasteiger partial charge is 0.390 e. The molecule has 0 aromatic heterocycles. The standard InChI is InChI=1S/C17H30O3/c1-11-5-8-15(18)14-7-6-13(16(11)14)12(2)20-10-9-17(3,4)19/h11-14,16,19H,5-10H2,1-4H3/t11-,12-,13?,14?,16?/m1/s1. The van der Waals surface area contributed by atoms with Gasteiger partial charge in [-0.3, -0.25) is 4.79 Å². The molecule has 0 aromatic rings. The Morgan fingerprint density at radius 3 is 2.70 bits per heavy atom. The molecule has 1 N–H and O–H groups in total. The van der Waals surface area contributed by atoms with Crippen molar-refractivity contribution in [2.45, 2.75) is 71.5 Å². The second-order valence-corrected chi connectivity index (χ2v) is 7.55. The Bertz CT molecular complexity index is 345. The van der Waals surface area contributed by atoms with Crippen molar-refractivity contribution in [1.82, 2.24) is 0 Å². The Labute approximate surface area is 123 Å². The highest BCUT2D eigenvalue weighted by molar-refractivity contribution is 5.82. The number of fused-ring (bicyclic) bond motifs is 1. The first kappa shape index (κ1) is 16.0. The molecule has 0 aromatic carbocycles. The topological polar surface area (TPSA) is 46.5 Å². The van der Waals surface area contributed by atoms with E-state index in [0.717, 1.165) is 25.7 Å². The fourth-order valence-corrected chi connectivity index (χ4v) is 4.16. The molecule has 2 fully saturated rings. The van der Waals surface area contributed by atoms with Crippen LogP contribution in [0, 0.1) is 23.7 Å². The molecule has 116 valence electrons. The summed E-state index contributed by atoms with van der Waals surface area (Å²) in [4.78, 5) is 12.1. The molecule has 5 atom stereocenters. The second-order valence-electron chi connectivity index (χ2n) is 7.55. The van der Waals surface area contributed by atoms with Crippen molar-refractivity contribution in [2.24, 2.45) is 23.7 Å². The minimum absolute atomic E-state index is 0.195. The molecule has 2 aliphatic rings. The molecular weight excluding hydrogens is 252 g/mol. The number of carbonyl (C=O) groups is 1. The number of hydrogen-bond acceptors (Lipinski definition) is 3. The average molecular weight is 282 g/mol. The van der Waals surface area contributed by atoms with Crippen molar-refractivity contribution >= 4 is 5.78 Å². The summed E-state index contributed by atoms with van der Waals surface area (Å²) in [7, 11) is 0. The van der Waals surface area contributed by atoms with Crippen LogP contribution < -0.4 is 0 Å². The van der Waals surface area contributed by atoms with E-state index in [1.807, 2.05) is 13.8 Å². The molecule has 0 aliphatic heterocycles. The molecule has 0 bridgehead atoms. The van der Waals surface area contributed by atoms with E-state index < -0.39 is 5.60 Å². The lowest BCUT2D eigenvalue weighted by Crippen LogP contribution is -2.37. The second kappa shape index (κ2) is 6.15. The van der Waals surface area contributed by atoms with Gasteiger partial charge in [0, 0.05) is 18.9 Å². The molecule has 3 nitrogen and oxygen atoms in total. The van der Waals surface area contributed by atoms with E-state index in [4.69, 9.17) is 4.74 Å². The highest BCUT2D eigenvalue weighted by Crippen LogP contribution is 2.48. The smallest absolute Gasteiger partial charge is 0.136 e. The maximum absolute atomic E-state index is 12.1. The van der Waals surface area contributed by atoms with Crippen molar-refractivity contribution in [1.29, 1.82) is 0 Å². The van der Waals surface area contributed by atoms with Gasteiger partial charge in [0.2, 0.25) is 0 Å². The first-order valence-electron chi connectivity index (χ1n) is 8.16. The molecule has 2 aliphatic carbocycles. The average Bonchev–Trinajstić information content (AvgIpc) is 2.78.